The van der Waals surface area contributed by atoms with Gasteiger partial charge in [-0.15, -0.1) is 12.4 Å². The standard InChI is InChI=1S/C19H20N6.ClH/c20-11-14-5-7-15(8-6-14)12-25-18-17(4-1-9-22-18)23-19(25)24-10-2-3-16(21)13-24;/h1,4-9,16H,2-3,10,12-13,21H2;1H/t16-;/m0./s1. The van der Waals surface area contributed by atoms with Crippen LogP contribution in [0.3, 0.4) is 0 Å². The molecule has 2 N–H and O–H groups in total. The summed E-state index contributed by atoms with van der Waals surface area (Å²) in [7, 11) is 0. The molecular weight excluding hydrogens is 348 g/mol. The number of halogens is 1. The highest BCUT2D eigenvalue weighted by atomic mass is 35.5. The number of nitriles is 1. The molecule has 0 saturated carbocycles. The summed E-state index contributed by atoms with van der Waals surface area (Å²) in [5.41, 5.74) is 9.72. The minimum atomic E-state index is 0. The molecule has 7 heteroatoms. The lowest BCUT2D eigenvalue weighted by molar-refractivity contribution is 0.495. The van der Waals surface area contributed by atoms with Gasteiger partial charge in [-0.3, -0.25) is 4.57 Å². The van der Waals surface area contributed by atoms with Crippen LogP contribution in [0.2, 0.25) is 0 Å². The minimum Gasteiger partial charge on any atom is -0.341 e. The quantitative estimate of drug-likeness (QED) is 0.768. The average Bonchev–Trinajstić information content (AvgIpc) is 3.01. The fraction of sp³-hybridized carbons (Fsp3) is 0.316. The van der Waals surface area contributed by atoms with Gasteiger partial charge in [-0.05, 0) is 42.7 Å². The Morgan fingerprint density at radius 2 is 2.04 bits per heavy atom. The summed E-state index contributed by atoms with van der Waals surface area (Å²) in [6, 6.07) is 13.9. The van der Waals surface area contributed by atoms with Crippen LogP contribution in [0.5, 0.6) is 0 Å². The number of hydrogen-bond acceptors (Lipinski definition) is 5. The van der Waals surface area contributed by atoms with E-state index in [4.69, 9.17) is 16.0 Å². The van der Waals surface area contributed by atoms with Gasteiger partial charge in [-0.2, -0.15) is 5.26 Å². The third-order valence-corrected chi connectivity index (χ3v) is 4.65. The van der Waals surface area contributed by atoms with E-state index in [1.165, 1.54) is 0 Å². The summed E-state index contributed by atoms with van der Waals surface area (Å²) in [5, 5.41) is 8.97. The Labute approximate surface area is 158 Å². The topological polar surface area (TPSA) is 83.8 Å². The molecule has 2 aromatic heterocycles. The van der Waals surface area contributed by atoms with Crippen molar-refractivity contribution in [2.45, 2.75) is 25.4 Å². The Bertz CT molecular complexity index is 927. The van der Waals surface area contributed by atoms with Gasteiger partial charge in [0.2, 0.25) is 5.95 Å². The van der Waals surface area contributed by atoms with Gasteiger partial charge in [-0.1, -0.05) is 12.1 Å². The molecule has 134 valence electrons. The highest BCUT2D eigenvalue weighted by Crippen LogP contribution is 2.25. The molecule has 26 heavy (non-hydrogen) atoms. The summed E-state index contributed by atoms with van der Waals surface area (Å²) in [5.74, 6) is 0.924. The number of fused-ring (bicyclic) bond motifs is 1. The Morgan fingerprint density at radius 3 is 2.77 bits per heavy atom. The maximum atomic E-state index is 8.97. The van der Waals surface area contributed by atoms with E-state index in [1.54, 1.807) is 6.20 Å². The summed E-state index contributed by atoms with van der Waals surface area (Å²) < 4.78 is 2.15. The second-order valence-electron chi connectivity index (χ2n) is 6.50. The summed E-state index contributed by atoms with van der Waals surface area (Å²) in [6.07, 6.45) is 3.93. The van der Waals surface area contributed by atoms with Crippen molar-refractivity contribution < 1.29 is 0 Å². The van der Waals surface area contributed by atoms with E-state index in [9.17, 15) is 0 Å². The van der Waals surface area contributed by atoms with Gasteiger partial charge in [0.25, 0.3) is 0 Å². The van der Waals surface area contributed by atoms with Gasteiger partial charge in [0, 0.05) is 25.3 Å². The van der Waals surface area contributed by atoms with Crippen LogP contribution >= 0.6 is 12.4 Å². The molecule has 0 aliphatic carbocycles. The lowest BCUT2D eigenvalue weighted by Gasteiger charge is -2.31. The molecule has 1 aliphatic heterocycles. The van der Waals surface area contributed by atoms with Crippen molar-refractivity contribution in [3.05, 3.63) is 53.7 Å². The second kappa shape index (κ2) is 7.73. The van der Waals surface area contributed by atoms with E-state index in [0.29, 0.717) is 12.1 Å². The maximum Gasteiger partial charge on any atom is 0.208 e. The number of imidazole rings is 1. The number of hydrogen-bond donors (Lipinski definition) is 1. The third-order valence-electron chi connectivity index (χ3n) is 4.65. The molecular formula is C19H21ClN6. The number of benzene rings is 1. The van der Waals surface area contributed by atoms with Crippen molar-refractivity contribution in [2.24, 2.45) is 5.73 Å². The molecule has 0 bridgehead atoms. The number of pyridine rings is 1. The maximum absolute atomic E-state index is 8.97. The highest BCUT2D eigenvalue weighted by Gasteiger charge is 2.23. The van der Waals surface area contributed by atoms with Crippen LogP contribution in [0.25, 0.3) is 11.2 Å². The molecule has 3 heterocycles. The lowest BCUT2D eigenvalue weighted by Crippen LogP contribution is -2.44. The molecule has 0 amide bonds. The summed E-state index contributed by atoms with van der Waals surface area (Å²) in [6.45, 7) is 2.45. The van der Waals surface area contributed by atoms with Crippen molar-refractivity contribution in [3.63, 3.8) is 0 Å². The average molecular weight is 369 g/mol. The first-order valence-corrected chi connectivity index (χ1v) is 8.55. The number of nitrogens with two attached hydrogens (primary N) is 1. The van der Waals surface area contributed by atoms with Crippen LogP contribution in [0.4, 0.5) is 5.95 Å². The third kappa shape index (κ3) is 3.50. The van der Waals surface area contributed by atoms with Gasteiger partial charge in [0.15, 0.2) is 5.65 Å². The van der Waals surface area contributed by atoms with Crippen LogP contribution in [-0.2, 0) is 6.54 Å². The van der Waals surface area contributed by atoms with E-state index in [0.717, 1.165) is 48.6 Å². The number of aromatic nitrogens is 3. The lowest BCUT2D eigenvalue weighted by atomic mass is 10.1. The molecule has 0 spiro atoms. The smallest absolute Gasteiger partial charge is 0.208 e. The molecule has 1 saturated heterocycles. The SMILES string of the molecule is Cl.N#Cc1ccc(Cn2c(N3CCC[C@H](N)C3)nc3cccnc32)cc1. The van der Waals surface area contributed by atoms with Crippen LogP contribution in [-0.4, -0.2) is 33.7 Å². The van der Waals surface area contributed by atoms with Crippen LogP contribution in [0.15, 0.2) is 42.6 Å². The zero-order valence-corrected chi connectivity index (χ0v) is 15.2. The van der Waals surface area contributed by atoms with Crippen LogP contribution < -0.4 is 10.6 Å². The Balaban J connectivity index is 0.00000196. The predicted octanol–water partition coefficient (Wildman–Crippen LogP) is 2.70. The molecule has 1 atom stereocenters. The van der Waals surface area contributed by atoms with Crippen molar-refractivity contribution in [3.8, 4) is 6.07 Å². The molecule has 1 fully saturated rings. The van der Waals surface area contributed by atoms with Gasteiger partial charge in [0.1, 0.15) is 5.52 Å². The van der Waals surface area contributed by atoms with E-state index in [-0.39, 0.29) is 18.4 Å². The first-order chi connectivity index (χ1) is 12.2. The van der Waals surface area contributed by atoms with Crippen molar-refractivity contribution in [1.29, 1.82) is 5.26 Å². The number of piperidine rings is 1. The van der Waals surface area contributed by atoms with Gasteiger partial charge >= 0.3 is 0 Å². The van der Waals surface area contributed by atoms with Crippen molar-refractivity contribution in [2.75, 3.05) is 18.0 Å². The summed E-state index contributed by atoms with van der Waals surface area (Å²) >= 11 is 0. The zero-order chi connectivity index (χ0) is 17.2. The fourth-order valence-corrected chi connectivity index (χ4v) is 3.39. The molecule has 1 aromatic carbocycles. The Kier molecular flexibility index (Phi) is 5.40. The summed E-state index contributed by atoms with van der Waals surface area (Å²) in [4.78, 5) is 11.6. The van der Waals surface area contributed by atoms with Gasteiger partial charge in [-0.25, -0.2) is 9.97 Å². The first-order valence-electron chi connectivity index (χ1n) is 8.55. The van der Waals surface area contributed by atoms with E-state index in [1.807, 2.05) is 36.4 Å². The van der Waals surface area contributed by atoms with Crippen molar-refractivity contribution >= 4 is 29.5 Å². The molecule has 6 nitrogen and oxygen atoms in total. The Morgan fingerprint density at radius 1 is 1.23 bits per heavy atom. The number of rotatable bonds is 3. The van der Waals surface area contributed by atoms with Gasteiger partial charge < -0.3 is 10.6 Å². The van der Waals surface area contributed by atoms with E-state index >= 15 is 0 Å². The zero-order valence-electron chi connectivity index (χ0n) is 14.4. The molecule has 4 rings (SSSR count). The minimum absolute atomic E-state index is 0. The first kappa shape index (κ1) is 18.2. The molecule has 1 aliphatic rings. The number of anilines is 1. The van der Waals surface area contributed by atoms with Gasteiger partial charge in [0.05, 0.1) is 18.2 Å². The fourth-order valence-electron chi connectivity index (χ4n) is 3.39. The molecule has 0 radical (unpaired) electrons. The number of nitrogens with zero attached hydrogens (tertiary/aromatic N) is 5. The monoisotopic (exact) mass is 368 g/mol. The van der Waals surface area contributed by atoms with Crippen LogP contribution in [0.1, 0.15) is 24.0 Å². The van der Waals surface area contributed by atoms with Crippen LogP contribution in [0, 0.1) is 11.3 Å². The largest absolute Gasteiger partial charge is 0.341 e. The van der Waals surface area contributed by atoms with E-state index in [2.05, 4.69) is 20.5 Å². The molecule has 0 unspecified atom stereocenters. The Hall–Kier alpha value is -2.62. The predicted molar refractivity (Wildman–Crippen MR) is 104 cm³/mol. The second-order valence-corrected chi connectivity index (χ2v) is 6.50. The molecule has 3 aromatic rings. The normalized spacial score (nSPS) is 16.9. The highest BCUT2D eigenvalue weighted by molar-refractivity contribution is 5.85. The van der Waals surface area contributed by atoms with E-state index < -0.39 is 0 Å². The van der Waals surface area contributed by atoms with Crippen molar-refractivity contribution in [1.82, 2.24) is 14.5 Å².